The third-order valence-corrected chi connectivity index (χ3v) is 3.96. The number of rotatable bonds is 3. The van der Waals surface area contributed by atoms with Crippen molar-refractivity contribution in [2.75, 3.05) is 0 Å². The molecule has 0 aromatic heterocycles. The van der Waals surface area contributed by atoms with Crippen molar-refractivity contribution >= 4 is 5.57 Å². The lowest BCUT2D eigenvalue weighted by atomic mass is 9.74. The van der Waals surface area contributed by atoms with Crippen molar-refractivity contribution in [2.24, 2.45) is 5.92 Å². The van der Waals surface area contributed by atoms with Crippen LogP contribution in [0.2, 0.25) is 0 Å². The predicted octanol–water partition coefficient (Wildman–Crippen LogP) is 4.12. The van der Waals surface area contributed by atoms with Crippen molar-refractivity contribution < 1.29 is 5.11 Å². The number of hydrogen-bond donors (Lipinski definition) is 1. The summed E-state index contributed by atoms with van der Waals surface area (Å²) in [6.45, 7) is 6.24. The number of unbranched alkanes of at least 4 members (excludes halogenated alkanes) is 1. The van der Waals surface area contributed by atoms with Gasteiger partial charge in [0.2, 0.25) is 0 Å². The van der Waals surface area contributed by atoms with E-state index in [1.54, 1.807) is 0 Å². The highest BCUT2D eigenvalue weighted by atomic mass is 16.3. The lowest BCUT2D eigenvalue weighted by Gasteiger charge is -2.36. The van der Waals surface area contributed by atoms with Crippen LogP contribution in [0, 0.1) is 5.92 Å². The largest absolute Gasteiger partial charge is 0.385 e. The van der Waals surface area contributed by atoms with Crippen molar-refractivity contribution in [3.63, 3.8) is 0 Å². The Morgan fingerprint density at radius 3 is 2.71 bits per heavy atom. The molecule has 2 rings (SSSR count). The molecule has 0 spiro atoms. The summed E-state index contributed by atoms with van der Waals surface area (Å²) in [4.78, 5) is 0. The predicted molar refractivity (Wildman–Crippen MR) is 72.7 cm³/mol. The van der Waals surface area contributed by atoms with Gasteiger partial charge in [-0.2, -0.15) is 0 Å². The number of allylic oxidation sites excluding steroid dienone is 1. The molecule has 1 aliphatic carbocycles. The monoisotopic (exact) mass is 230 g/mol. The minimum absolute atomic E-state index is 0.184. The molecule has 0 aliphatic heterocycles. The molecule has 1 aromatic rings. The van der Waals surface area contributed by atoms with Crippen LogP contribution < -0.4 is 0 Å². The highest BCUT2D eigenvalue weighted by molar-refractivity contribution is 5.71. The van der Waals surface area contributed by atoms with Gasteiger partial charge in [0.1, 0.15) is 0 Å². The molecule has 2 atom stereocenters. The quantitative estimate of drug-likeness (QED) is 0.828. The molecule has 17 heavy (non-hydrogen) atoms. The molecular weight excluding hydrogens is 208 g/mol. The van der Waals surface area contributed by atoms with Crippen LogP contribution in [0.5, 0.6) is 0 Å². The van der Waals surface area contributed by atoms with Crippen LogP contribution in [0.25, 0.3) is 5.57 Å². The summed E-state index contributed by atoms with van der Waals surface area (Å²) >= 11 is 0. The van der Waals surface area contributed by atoms with Crippen molar-refractivity contribution in [1.29, 1.82) is 0 Å². The van der Waals surface area contributed by atoms with Gasteiger partial charge in [-0.3, -0.25) is 0 Å². The molecule has 0 fully saturated rings. The molecule has 1 aromatic carbocycles. The number of fused-ring (bicyclic) bond motifs is 1. The Morgan fingerprint density at radius 1 is 1.29 bits per heavy atom. The van der Waals surface area contributed by atoms with Crippen molar-refractivity contribution in [1.82, 2.24) is 0 Å². The second kappa shape index (κ2) is 4.66. The molecule has 1 heteroatoms. The Labute approximate surface area is 104 Å². The van der Waals surface area contributed by atoms with Crippen LogP contribution in [0.15, 0.2) is 30.3 Å². The lowest BCUT2D eigenvalue weighted by Crippen LogP contribution is -2.32. The number of benzene rings is 1. The molecule has 0 saturated carbocycles. The van der Waals surface area contributed by atoms with Crippen molar-refractivity contribution in [2.45, 2.75) is 45.6 Å². The summed E-state index contributed by atoms with van der Waals surface area (Å²) in [6, 6.07) is 8.27. The van der Waals surface area contributed by atoms with Gasteiger partial charge in [-0.1, -0.05) is 50.6 Å². The van der Waals surface area contributed by atoms with Gasteiger partial charge in [0.15, 0.2) is 0 Å². The van der Waals surface area contributed by atoms with E-state index in [0.717, 1.165) is 12.0 Å². The Kier molecular flexibility index (Phi) is 3.39. The standard InChI is InChI=1S/C16H22O/c1-4-5-8-13-11-12(2)16(3,17)15-10-7-6-9-14(13)15/h6-7,9-12,17H,4-5,8H2,1-3H3/t12-,16-/m0/s1. The zero-order valence-electron chi connectivity index (χ0n) is 11.0. The van der Waals surface area contributed by atoms with E-state index in [1.807, 2.05) is 13.0 Å². The van der Waals surface area contributed by atoms with Gasteiger partial charge in [0, 0.05) is 5.92 Å². The van der Waals surface area contributed by atoms with E-state index in [-0.39, 0.29) is 5.92 Å². The van der Waals surface area contributed by atoms with Gasteiger partial charge in [-0.15, -0.1) is 0 Å². The average molecular weight is 230 g/mol. The molecule has 1 N–H and O–H groups in total. The fraction of sp³-hybridized carbons (Fsp3) is 0.500. The minimum Gasteiger partial charge on any atom is -0.385 e. The fourth-order valence-corrected chi connectivity index (χ4v) is 2.59. The van der Waals surface area contributed by atoms with E-state index in [4.69, 9.17) is 0 Å². The molecule has 92 valence electrons. The normalized spacial score (nSPS) is 27.5. The van der Waals surface area contributed by atoms with Crippen LogP contribution in [0.3, 0.4) is 0 Å². The maximum absolute atomic E-state index is 10.6. The van der Waals surface area contributed by atoms with Gasteiger partial charge >= 0.3 is 0 Å². The molecule has 0 bridgehead atoms. The maximum Gasteiger partial charge on any atom is 0.0934 e. The number of hydrogen-bond acceptors (Lipinski definition) is 1. The van der Waals surface area contributed by atoms with E-state index in [1.165, 1.54) is 24.0 Å². The summed E-state index contributed by atoms with van der Waals surface area (Å²) in [5.41, 5.74) is 3.00. The smallest absolute Gasteiger partial charge is 0.0934 e. The number of aliphatic hydroxyl groups is 1. The van der Waals surface area contributed by atoms with Gasteiger partial charge in [0.05, 0.1) is 5.60 Å². The van der Waals surface area contributed by atoms with Crippen LogP contribution >= 0.6 is 0 Å². The second-order valence-electron chi connectivity index (χ2n) is 5.28. The van der Waals surface area contributed by atoms with Gasteiger partial charge in [-0.25, -0.2) is 0 Å². The summed E-state index contributed by atoms with van der Waals surface area (Å²) in [5, 5.41) is 10.6. The Hall–Kier alpha value is -1.08. The van der Waals surface area contributed by atoms with Crippen LogP contribution in [-0.2, 0) is 5.60 Å². The highest BCUT2D eigenvalue weighted by Gasteiger charge is 2.35. The summed E-state index contributed by atoms with van der Waals surface area (Å²) < 4.78 is 0. The Bertz CT molecular complexity index is 429. The zero-order valence-corrected chi connectivity index (χ0v) is 11.0. The van der Waals surface area contributed by atoms with Gasteiger partial charge in [0.25, 0.3) is 0 Å². The molecular formula is C16H22O. The van der Waals surface area contributed by atoms with Crippen LogP contribution in [0.4, 0.5) is 0 Å². The molecule has 1 aliphatic rings. The first-order valence-electron chi connectivity index (χ1n) is 6.60. The van der Waals surface area contributed by atoms with Crippen molar-refractivity contribution in [3.05, 3.63) is 41.5 Å². The Balaban J connectivity index is 2.44. The topological polar surface area (TPSA) is 20.2 Å². The van der Waals surface area contributed by atoms with Crippen molar-refractivity contribution in [3.8, 4) is 0 Å². The summed E-state index contributed by atoms with van der Waals surface area (Å²) in [5.74, 6) is 0.184. The summed E-state index contributed by atoms with van der Waals surface area (Å²) in [7, 11) is 0. The second-order valence-corrected chi connectivity index (χ2v) is 5.28. The maximum atomic E-state index is 10.6. The molecule has 0 unspecified atom stereocenters. The first-order chi connectivity index (χ1) is 8.07. The van der Waals surface area contributed by atoms with E-state index in [2.05, 4.69) is 38.1 Å². The third-order valence-electron chi connectivity index (χ3n) is 3.96. The average Bonchev–Trinajstić information content (AvgIpc) is 2.33. The van der Waals surface area contributed by atoms with E-state index < -0.39 is 5.60 Å². The molecule has 0 radical (unpaired) electrons. The van der Waals surface area contributed by atoms with Crippen LogP contribution in [0.1, 0.15) is 51.2 Å². The molecule has 1 nitrogen and oxygen atoms in total. The van der Waals surface area contributed by atoms with E-state index >= 15 is 0 Å². The third kappa shape index (κ3) is 2.16. The van der Waals surface area contributed by atoms with Crippen LogP contribution in [-0.4, -0.2) is 5.11 Å². The lowest BCUT2D eigenvalue weighted by molar-refractivity contribution is 0.0184. The Morgan fingerprint density at radius 2 is 2.00 bits per heavy atom. The summed E-state index contributed by atoms with van der Waals surface area (Å²) in [6.07, 6.45) is 5.80. The van der Waals surface area contributed by atoms with Gasteiger partial charge in [-0.05, 0) is 36.5 Å². The first kappa shape index (κ1) is 12.4. The van der Waals surface area contributed by atoms with E-state index in [9.17, 15) is 5.11 Å². The first-order valence-corrected chi connectivity index (χ1v) is 6.60. The molecule has 0 saturated heterocycles. The van der Waals surface area contributed by atoms with E-state index in [0.29, 0.717) is 0 Å². The molecule has 0 heterocycles. The van der Waals surface area contributed by atoms with Gasteiger partial charge < -0.3 is 5.11 Å². The SMILES string of the molecule is CCCCC1=C[C@H](C)[C@](C)(O)c2ccccc21. The molecule has 0 amide bonds. The fourth-order valence-electron chi connectivity index (χ4n) is 2.59. The minimum atomic E-state index is -0.730. The highest BCUT2D eigenvalue weighted by Crippen LogP contribution is 2.42. The zero-order chi connectivity index (χ0) is 12.5.